The molecule has 6 nitrogen and oxygen atoms in total. The zero-order valence-electron chi connectivity index (χ0n) is 15.1. The third-order valence-electron chi connectivity index (χ3n) is 4.75. The number of nitrogens with zero attached hydrogens (tertiary/aromatic N) is 2. The van der Waals surface area contributed by atoms with Crippen molar-refractivity contribution in [3.8, 4) is 5.75 Å². The van der Waals surface area contributed by atoms with E-state index >= 15 is 0 Å². The Morgan fingerprint density at radius 3 is 2.73 bits per heavy atom. The van der Waals surface area contributed by atoms with Crippen molar-refractivity contribution in [2.45, 2.75) is 51.2 Å². The summed E-state index contributed by atoms with van der Waals surface area (Å²) in [4.78, 5) is 28.8. The molecular weight excluding hydrogens is 330 g/mol. The Bertz CT molecular complexity index is 782. The van der Waals surface area contributed by atoms with Crippen molar-refractivity contribution in [2.75, 3.05) is 6.54 Å². The van der Waals surface area contributed by atoms with Crippen molar-refractivity contribution in [2.24, 2.45) is 0 Å². The largest absolute Gasteiger partial charge is 0.481 e. The van der Waals surface area contributed by atoms with Crippen molar-refractivity contribution in [3.63, 3.8) is 0 Å². The minimum atomic E-state index is -0.600. The Morgan fingerprint density at radius 1 is 1.31 bits per heavy atom. The third kappa shape index (κ3) is 4.71. The Labute approximate surface area is 153 Å². The molecule has 2 aromatic rings. The molecule has 0 aliphatic heterocycles. The highest BCUT2D eigenvalue weighted by Gasteiger charge is 2.19. The molecule has 1 unspecified atom stereocenters. The van der Waals surface area contributed by atoms with Gasteiger partial charge in [0.1, 0.15) is 5.75 Å². The minimum Gasteiger partial charge on any atom is -0.481 e. The molecule has 138 valence electrons. The van der Waals surface area contributed by atoms with E-state index in [1.165, 1.54) is 17.4 Å². The maximum Gasteiger partial charge on any atom is 0.260 e. The average Bonchev–Trinajstić information content (AvgIpc) is 3.18. The number of aromatic nitrogens is 2. The van der Waals surface area contributed by atoms with Gasteiger partial charge < -0.3 is 10.1 Å². The van der Waals surface area contributed by atoms with Gasteiger partial charge in [-0.05, 0) is 31.9 Å². The SMILES string of the molecule is CC(Oc1ccccc1)C(=O)NCCn1cnc(C2CCCC2)cc1=O. The van der Waals surface area contributed by atoms with Crippen LogP contribution in [0.15, 0.2) is 47.5 Å². The molecule has 6 heteroatoms. The summed E-state index contributed by atoms with van der Waals surface area (Å²) in [5.41, 5.74) is 0.836. The van der Waals surface area contributed by atoms with Gasteiger partial charge in [0.2, 0.25) is 0 Å². The Morgan fingerprint density at radius 2 is 2.04 bits per heavy atom. The first-order chi connectivity index (χ1) is 12.6. The lowest BCUT2D eigenvalue weighted by atomic mass is 10.0. The monoisotopic (exact) mass is 355 g/mol. The fraction of sp³-hybridized carbons (Fsp3) is 0.450. The second-order valence-corrected chi connectivity index (χ2v) is 6.69. The zero-order chi connectivity index (χ0) is 18.4. The lowest BCUT2D eigenvalue weighted by Gasteiger charge is -2.15. The molecule has 1 aliphatic carbocycles. The standard InChI is InChI=1S/C20H25N3O3/c1-15(26-17-9-3-2-4-10-17)20(25)21-11-12-23-14-22-18(13-19(23)24)16-7-5-6-8-16/h2-4,9-10,13-16H,5-8,11-12H2,1H3,(H,21,25). The van der Waals surface area contributed by atoms with Crippen molar-refractivity contribution in [1.82, 2.24) is 14.9 Å². The van der Waals surface area contributed by atoms with Crippen LogP contribution in [0.2, 0.25) is 0 Å². The summed E-state index contributed by atoms with van der Waals surface area (Å²) in [7, 11) is 0. The second kappa shape index (κ2) is 8.65. The number of ether oxygens (including phenoxy) is 1. The van der Waals surface area contributed by atoms with Gasteiger partial charge in [0.05, 0.1) is 12.0 Å². The molecule has 1 saturated carbocycles. The molecule has 3 rings (SSSR count). The van der Waals surface area contributed by atoms with Gasteiger partial charge in [0.25, 0.3) is 11.5 Å². The fourth-order valence-corrected chi connectivity index (χ4v) is 3.25. The van der Waals surface area contributed by atoms with E-state index in [4.69, 9.17) is 4.74 Å². The van der Waals surface area contributed by atoms with E-state index in [2.05, 4.69) is 10.3 Å². The predicted molar refractivity (Wildman–Crippen MR) is 99.2 cm³/mol. The highest BCUT2D eigenvalue weighted by Crippen LogP contribution is 2.32. The number of benzene rings is 1. The zero-order valence-corrected chi connectivity index (χ0v) is 15.1. The van der Waals surface area contributed by atoms with Crippen LogP contribution in [0, 0.1) is 0 Å². The summed E-state index contributed by atoms with van der Waals surface area (Å²) >= 11 is 0. The third-order valence-corrected chi connectivity index (χ3v) is 4.75. The molecule has 1 fully saturated rings. The summed E-state index contributed by atoms with van der Waals surface area (Å²) in [5.74, 6) is 0.864. The molecule has 1 heterocycles. The lowest BCUT2D eigenvalue weighted by molar-refractivity contribution is -0.127. The number of rotatable bonds is 7. The van der Waals surface area contributed by atoms with E-state index in [9.17, 15) is 9.59 Å². The summed E-state index contributed by atoms with van der Waals surface area (Å²) in [6.07, 6.45) is 5.65. The first-order valence-electron chi connectivity index (χ1n) is 9.19. The highest BCUT2D eigenvalue weighted by molar-refractivity contribution is 5.80. The van der Waals surface area contributed by atoms with Gasteiger partial charge in [0, 0.05) is 25.1 Å². The van der Waals surface area contributed by atoms with E-state index in [-0.39, 0.29) is 11.5 Å². The van der Waals surface area contributed by atoms with Gasteiger partial charge in [-0.3, -0.25) is 14.2 Å². The van der Waals surface area contributed by atoms with Gasteiger partial charge in [-0.15, -0.1) is 0 Å². The number of amides is 1. The topological polar surface area (TPSA) is 73.2 Å². The van der Waals surface area contributed by atoms with Crippen LogP contribution in [0.3, 0.4) is 0 Å². The highest BCUT2D eigenvalue weighted by atomic mass is 16.5. The number of para-hydroxylation sites is 1. The Hall–Kier alpha value is -2.63. The number of carbonyl (C=O) groups is 1. The number of hydrogen-bond donors (Lipinski definition) is 1. The van der Waals surface area contributed by atoms with Gasteiger partial charge in [-0.25, -0.2) is 4.98 Å². The minimum absolute atomic E-state index is 0.0651. The number of hydrogen-bond acceptors (Lipinski definition) is 4. The molecule has 0 spiro atoms. The first kappa shape index (κ1) is 18.2. The van der Waals surface area contributed by atoms with E-state index in [0.717, 1.165) is 18.5 Å². The van der Waals surface area contributed by atoms with Crippen molar-refractivity contribution in [3.05, 3.63) is 58.8 Å². The molecule has 1 aromatic carbocycles. The summed E-state index contributed by atoms with van der Waals surface area (Å²) in [6.45, 7) is 2.44. The van der Waals surface area contributed by atoms with Gasteiger partial charge in [-0.1, -0.05) is 31.0 Å². The van der Waals surface area contributed by atoms with Crippen LogP contribution in [0.25, 0.3) is 0 Å². The lowest BCUT2D eigenvalue weighted by Crippen LogP contribution is -2.38. The smallest absolute Gasteiger partial charge is 0.260 e. The van der Waals surface area contributed by atoms with Crippen LogP contribution >= 0.6 is 0 Å². The van der Waals surface area contributed by atoms with Crippen molar-refractivity contribution in [1.29, 1.82) is 0 Å². The van der Waals surface area contributed by atoms with E-state index in [1.807, 2.05) is 18.2 Å². The van der Waals surface area contributed by atoms with Crippen LogP contribution in [-0.2, 0) is 11.3 Å². The molecular formula is C20H25N3O3. The molecule has 1 N–H and O–H groups in total. The van der Waals surface area contributed by atoms with Gasteiger partial charge >= 0.3 is 0 Å². The van der Waals surface area contributed by atoms with Crippen molar-refractivity contribution < 1.29 is 9.53 Å². The maximum atomic E-state index is 12.2. The molecule has 1 atom stereocenters. The van der Waals surface area contributed by atoms with E-state index in [0.29, 0.717) is 24.8 Å². The van der Waals surface area contributed by atoms with Crippen LogP contribution in [0.1, 0.15) is 44.2 Å². The average molecular weight is 355 g/mol. The van der Waals surface area contributed by atoms with Gasteiger partial charge in [0.15, 0.2) is 6.10 Å². The molecule has 0 bridgehead atoms. The number of carbonyl (C=O) groups excluding carboxylic acids is 1. The van der Waals surface area contributed by atoms with Crippen LogP contribution in [-0.4, -0.2) is 28.1 Å². The molecule has 26 heavy (non-hydrogen) atoms. The summed E-state index contributed by atoms with van der Waals surface area (Å²) in [5, 5.41) is 2.80. The molecule has 1 aromatic heterocycles. The van der Waals surface area contributed by atoms with Crippen LogP contribution < -0.4 is 15.6 Å². The molecule has 1 aliphatic rings. The van der Waals surface area contributed by atoms with Crippen molar-refractivity contribution >= 4 is 5.91 Å². The maximum absolute atomic E-state index is 12.2. The molecule has 0 radical (unpaired) electrons. The molecule has 0 saturated heterocycles. The first-order valence-corrected chi connectivity index (χ1v) is 9.19. The number of nitrogens with one attached hydrogen (secondary N) is 1. The van der Waals surface area contributed by atoms with E-state index < -0.39 is 6.10 Å². The Kier molecular flexibility index (Phi) is 6.04. The predicted octanol–water partition coefficient (Wildman–Crippen LogP) is 2.48. The summed E-state index contributed by atoms with van der Waals surface area (Å²) < 4.78 is 7.11. The normalized spacial score (nSPS) is 15.6. The van der Waals surface area contributed by atoms with E-state index in [1.54, 1.807) is 31.5 Å². The second-order valence-electron chi connectivity index (χ2n) is 6.69. The summed E-state index contributed by atoms with van der Waals surface area (Å²) in [6, 6.07) is 10.9. The van der Waals surface area contributed by atoms with Crippen LogP contribution in [0.5, 0.6) is 5.75 Å². The Balaban J connectivity index is 1.48. The fourth-order valence-electron chi connectivity index (χ4n) is 3.25. The molecule has 1 amide bonds. The van der Waals surface area contributed by atoms with Gasteiger partial charge in [-0.2, -0.15) is 0 Å². The quantitative estimate of drug-likeness (QED) is 0.828. The van der Waals surface area contributed by atoms with Crippen LogP contribution in [0.4, 0.5) is 0 Å².